The molecule has 1 aromatic heterocycles. The fourth-order valence-electron chi connectivity index (χ4n) is 5.50. The van der Waals surface area contributed by atoms with E-state index in [4.69, 9.17) is 4.74 Å². The maximum Gasteiger partial charge on any atom is 0.408 e. The summed E-state index contributed by atoms with van der Waals surface area (Å²) in [5.41, 5.74) is -0.339. The first-order valence-corrected chi connectivity index (χ1v) is 16.7. The topological polar surface area (TPSA) is 123 Å². The number of esters is 1. The van der Waals surface area contributed by atoms with E-state index in [0.29, 0.717) is 23.5 Å². The van der Waals surface area contributed by atoms with Gasteiger partial charge in [-0.15, -0.1) is 0 Å². The molecule has 0 radical (unpaired) electrons. The van der Waals surface area contributed by atoms with Crippen LogP contribution in [0.25, 0.3) is 10.9 Å². The van der Waals surface area contributed by atoms with Crippen LogP contribution in [0, 0.1) is 5.82 Å². The van der Waals surface area contributed by atoms with Crippen LogP contribution < -0.4 is 14.9 Å². The van der Waals surface area contributed by atoms with E-state index in [1.54, 1.807) is 32.9 Å². The lowest BCUT2D eigenvalue weighted by molar-refractivity contribution is -0.154. The van der Waals surface area contributed by atoms with Gasteiger partial charge in [-0.1, -0.05) is 18.2 Å². The van der Waals surface area contributed by atoms with Gasteiger partial charge in [0.15, 0.2) is 5.69 Å². The lowest BCUT2D eigenvalue weighted by Gasteiger charge is -2.30. The summed E-state index contributed by atoms with van der Waals surface area (Å²) in [4.78, 5) is 27.9. The highest BCUT2D eigenvalue weighted by atomic mass is 32.2. The van der Waals surface area contributed by atoms with Gasteiger partial charge in [0.1, 0.15) is 18.0 Å². The molecule has 1 amide bonds. The molecule has 0 spiro atoms. The Hall–Kier alpha value is -4.66. The fraction of sp³-hybridized carbons (Fsp3) is 0.364. The van der Waals surface area contributed by atoms with Gasteiger partial charge in [0.05, 0.1) is 33.9 Å². The molecule has 5 rings (SSSR count). The van der Waals surface area contributed by atoms with Gasteiger partial charge in [-0.3, -0.25) is 19.0 Å². The number of para-hydroxylation sites is 1. The van der Waals surface area contributed by atoms with Crippen molar-refractivity contribution < 1.29 is 40.3 Å². The highest BCUT2D eigenvalue weighted by Gasteiger charge is 2.31. The molecule has 0 aliphatic carbocycles. The van der Waals surface area contributed by atoms with Crippen LogP contribution in [0.15, 0.2) is 65.6 Å². The van der Waals surface area contributed by atoms with Crippen molar-refractivity contribution in [3.63, 3.8) is 0 Å². The highest BCUT2D eigenvalue weighted by Crippen LogP contribution is 2.33. The molecule has 15 heteroatoms. The molecular formula is C33H35F4N5O5S. The molecule has 10 nitrogen and oxygen atoms in total. The quantitative estimate of drug-likeness (QED) is 0.149. The normalized spacial score (nSPS) is 14.2. The van der Waals surface area contributed by atoms with Crippen LogP contribution in [0.5, 0.6) is 0 Å². The Morgan fingerprint density at radius 1 is 0.938 bits per heavy atom. The third-order valence-corrected chi connectivity index (χ3v) is 8.85. The van der Waals surface area contributed by atoms with Crippen molar-refractivity contribution >= 4 is 49.9 Å². The number of rotatable bonds is 9. The molecule has 48 heavy (non-hydrogen) atoms. The Morgan fingerprint density at radius 3 is 2.33 bits per heavy atom. The first-order valence-electron chi connectivity index (χ1n) is 15.2. The van der Waals surface area contributed by atoms with Crippen molar-refractivity contribution in [2.75, 3.05) is 28.0 Å². The molecule has 0 saturated carbocycles. The average Bonchev–Trinajstić information content (AvgIpc) is 3.35. The summed E-state index contributed by atoms with van der Waals surface area (Å²) in [6.45, 7) is 4.88. The molecule has 0 bridgehead atoms. The summed E-state index contributed by atoms with van der Waals surface area (Å²) >= 11 is 0. The van der Waals surface area contributed by atoms with Gasteiger partial charge in [0, 0.05) is 18.5 Å². The lowest BCUT2D eigenvalue weighted by atomic mass is 10.1. The van der Waals surface area contributed by atoms with Crippen LogP contribution in [0.4, 0.5) is 34.6 Å². The van der Waals surface area contributed by atoms with Crippen LogP contribution >= 0.6 is 0 Å². The maximum atomic E-state index is 14.2. The van der Waals surface area contributed by atoms with E-state index in [-0.39, 0.29) is 38.4 Å². The van der Waals surface area contributed by atoms with Crippen molar-refractivity contribution in [3.8, 4) is 0 Å². The maximum absolute atomic E-state index is 14.2. The summed E-state index contributed by atoms with van der Waals surface area (Å²) in [6, 6.07) is 13.4. The molecule has 1 aliphatic rings. The third kappa shape index (κ3) is 8.43. The number of nitrogens with one attached hydrogen (secondary N) is 2. The molecule has 1 aliphatic heterocycles. The zero-order valence-corrected chi connectivity index (χ0v) is 27.3. The Bertz CT molecular complexity index is 1950. The number of hydrogen-bond donors (Lipinski definition) is 2. The number of halogens is 4. The minimum atomic E-state index is -4.59. The Labute approximate surface area is 275 Å². The van der Waals surface area contributed by atoms with E-state index in [0.717, 1.165) is 31.4 Å². The molecule has 1 saturated heterocycles. The molecule has 0 unspecified atom stereocenters. The van der Waals surface area contributed by atoms with E-state index >= 15 is 0 Å². The molecule has 2 heterocycles. The van der Waals surface area contributed by atoms with Crippen molar-refractivity contribution in [1.29, 1.82) is 0 Å². The standard InChI is InChI=1S/C33H35F4N5O5S/c1-32(2,3)47-29(43)18-21-17-22(34)11-13-25(21)40-48(45,46)23-12-14-28(41-15-7-4-8-16-41)26(19-23)38-31(44)30-24-9-5-6-10-27(24)42(39-30)20-33(35,36)37/h5-6,9-14,17,19,40H,4,7-8,15-16,18,20H2,1-3H3,(H,38,44). The number of anilines is 3. The number of aromatic nitrogens is 2. The Morgan fingerprint density at radius 2 is 1.65 bits per heavy atom. The summed E-state index contributed by atoms with van der Waals surface area (Å²) < 4.78 is 89.9. The Balaban J connectivity index is 1.49. The van der Waals surface area contributed by atoms with E-state index in [9.17, 15) is 35.6 Å². The number of carbonyl (C=O) groups excluding carboxylic acids is 2. The SMILES string of the molecule is CC(C)(C)OC(=O)Cc1cc(F)ccc1NS(=O)(=O)c1ccc(N2CCCCC2)c(NC(=O)c2nn(CC(F)(F)F)c3ccccc23)c1. The van der Waals surface area contributed by atoms with E-state index in [1.807, 2.05) is 4.90 Å². The van der Waals surface area contributed by atoms with Gasteiger partial charge in [-0.2, -0.15) is 18.3 Å². The van der Waals surface area contributed by atoms with Crippen molar-refractivity contribution in [2.45, 2.75) is 69.7 Å². The minimum absolute atomic E-state index is 0.0466. The van der Waals surface area contributed by atoms with Crippen molar-refractivity contribution in [1.82, 2.24) is 9.78 Å². The number of fused-ring (bicyclic) bond motifs is 1. The summed E-state index contributed by atoms with van der Waals surface area (Å²) in [5.74, 6) is -2.20. The second-order valence-electron chi connectivity index (χ2n) is 12.5. The number of benzene rings is 3. The van der Waals surface area contributed by atoms with E-state index in [2.05, 4.69) is 15.1 Å². The highest BCUT2D eigenvalue weighted by molar-refractivity contribution is 7.92. The molecule has 4 aromatic rings. The van der Waals surface area contributed by atoms with Gasteiger partial charge in [0.25, 0.3) is 15.9 Å². The molecule has 256 valence electrons. The van der Waals surface area contributed by atoms with Crippen molar-refractivity contribution in [2.24, 2.45) is 0 Å². The second-order valence-corrected chi connectivity index (χ2v) is 14.2. The van der Waals surface area contributed by atoms with E-state index in [1.165, 1.54) is 36.4 Å². The van der Waals surface area contributed by atoms with Gasteiger partial charge >= 0.3 is 12.1 Å². The first-order chi connectivity index (χ1) is 22.5. The molecule has 3 aromatic carbocycles. The smallest absolute Gasteiger partial charge is 0.408 e. The number of ether oxygens (including phenoxy) is 1. The van der Waals surface area contributed by atoms with Crippen LogP contribution in [0.3, 0.4) is 0 Å². The number of amides is 1. The predicted octanol–water partition coefficient (Wildman–Crippen LogP) is 6.67. The van der Waals surface area contributed by atoms with Gasteiger partial charge in [0.2, 0.25) is 0 Å². The third-order valence-electron chi connectivity index (χ3n) is 7.49. The summed E-state index contributed by atoms with van der Waals surface area (Å²) in [6.07, 6.45) is -2.26. The largest absolute Gasteiger partial charge is 0.460 e. The minimum Gasteiger partial charge on any atom is -0.460 e. The van der Waals surface area contributed by atoms with Crippen LogP contribution in [-0.2, 0) is 32.5 Å². The van der Waals surface area contributed by atoms with Crippen LogP contribution in [0.2, 0.25) is 0 Å². The lowest BCUT2D eigenvalue weighted by Crippen LogP contribution is -2.30. The number of nitrogens with zero attached hydrogens (tertiary/aromatic N) is 3. The van der Waals surface area contributed by atoms with Crippen LogP contribution in [-0.4, -0.2) is 54.9 Å². The predicted molar refractivity (Wildman–Crippen MR) is 173 cm³/mol. The van der Waals surface area contributed by atoms with E-state index < -0.39 is 52.5 Å². The molecule has 2 N–H and O–H groups in total. The molecule has 0 atom stereocenters. The number of carbonyl (C=O) groups is 2. The van der Waals surface area contributed by atoms with Gasteiger partial charge in [-0.05, 0) is 88.1 Å². The second kappa shape index (κ2) is 13.5. The van der Waals surface area contributed by atoms with Crippen molar-refractivity contribution in [3.05, 3.63) is 77.7 Å². The van der Waals surface area contributed by atoms with Crippen LogP contribution in [0.1, 0.15) is 56.1 Å². The number of piperidine rings is 1. The van der Waals surface area contributed by atoms with Gasteiger partial charge in [-0.25, -0.2) is 12.8 Å². The molecular weight excluding hydrogens is 654 g/mol. The van der Waals surface area contributed by atoms with Gasteiger partial charge < -0.3 is 15.0 Å². The number of alkyl halides is 3. The Kier molecular flexibility index (Phi) is 9.72. The first kappa shape index (κ1) is 34.7. The average molecular weight is 690 g/mol. The zero-order valence-electron chi connectivity index (χ0n) is 26.5. The monoisotopic (exact) mass is 689 g/mol. The zero-order chi connectivity index (χ0) is 34.9. The number of sulfonamides is 1. The summed E-state index contributed by atoms with van der Waals surface area (Å²) in [7, 11) is -4.38. The fourth-order valence-corrected chi connectivity index (χ4v) is 6.63. The summed E-state index contributed by atoms with van der Waals surface area (Å²) in [5, 5.41) is 6.86. The number of hydrogen-bond acceptors (Lipinski definition) is 7. The molecule has 1 fully saturated rings.